The van der Waals surface area contributed by atoms with Crippen molar-refractivity contribution in [1.82, 2.24) is 9.97 Å². The van der Waals surface area contributed by atoms with E-state index in [-0.39, 0.29) is 41.1 Å². The van der Waals surface area contributed by atoms with E-state index in [1.54, 1.807) is 0 Å². The van der Waals surface area contributed by atoms with Gasteiger partial charge >= 0.3 is 29.6 Å². The van der Waals surface area contributed by atoms with Gasteiger partial charge in [-0.25, -0.2) is 9.97 Å². The van der Waals surface area contributed by atoms with Gasteiger partial charge < -0.3 is 15.2 Å². The Morgan fingerprint density at radius 3 is 2.60 bits per heavy atom. The fourth-order valence-electron chi connectivity index (χ4n) is 0.918. The number of hydrogen-bond acceptors (Lipinski definition) is 5. The van der Waals surface area contributed by atoms with Gasteiger partial charge in [0.2, 0.25) is 0 Å². The van der Waals surface area contributed by atoms with E-state index in [2.05, 4.69) is 15.3 Å². The summed E-state index contributed by atoms with van der Waals surface area (Å²) in [6, 6.07) is 0. The van der Waals surface area contributed by atoms with Crippen molar-refractivity contribution in [2.75, 3.05) is 11.9 Å². The Labute approximate surface area is 111 Å². The maximum Gasteiger partial charge on any atom is 1.00 e. The van der Waals surface area contributed by atoms with Crippen LogP contribution in [0.5, 0.6) is 0 Å². The molecule has 15 heavy (non-hydrogen) atoms. The molecule has 0 aliphatic rings. The average molecular weight is 217 g/mol. The third-order valence-electron chi connectivity index (χ3n) is 1.57. The molecular formula is C9H12N3NaO2. The average Bonchev–Trinajstić information content (AvgIpc) is 2.15. The van der Waals surface area contributed by atoms with Crippen molar-refractivity contribution in [2.24, 2.45) is 5.92 Å². The summed E-state index contributed by atoms with van der Waals surface area (Å²) in [5.74, 6) is -0.642. The number of nitrogens with zero attached hydrogens (tertiary/aromatic N) is 2. The molecule has 0 spiro atoms. The normalized spacial score (nSPS) is 9.53. The van der Waals surface area contributed by atoms with Gasteiger partial charge in [0.25, 0.3) is 0 Å². The van der Waals surface area contributed by atoms with E-state index in [1.165, 1.54) is 12.4 Å². The zero-order chi connectivity index (χ0) is 10.6. The molecule has 76 valence electrons. The Bertz CT molecular complexity index is 331. The molecule has 0 aliphatic heterocycles. The minimum Gasteiger partial charge on any atom is -0.543 e. The molecule has 0 unspecified atom stereocenters. The van der Waals surface area contributed by atoms with Gasteiger partial charge in [0.1, 0.15) is 5.69 Å². The molecule has 0 amide bonds. The van der Waals surface area contributed by atoms with Gasteiger partial charge in [-0.05, 0) is 5.92 Å². The van der Waals surface area contributed by atoms with E-state index in [4.69, 9.17) is 0 Å². The van der Waals surface area contributed by atoms with Crippen molar-refractivity contribution in [3.05, 3.63) is 18.1 Å². The van der Waals surface area contributed by atoms with Crippen molar-refractivity contribution >= 4 is 11.8 Å². The number of nitrogens with one attached hydrogen (secondary N) is 1. The molecule has 0 atom stereocenters. The number of rotatable bonds is 4. The molecule has 5 nitrogen and oxygen atoms in total. The second kappa shape index (κ2) is 6.76. The number of anilines is 1. The topological polar surface area (TPSA) is 77.9 Å². The minimum absolute atomic E-state index is 0. The molecule has 0 aliphatic carbocycles. The Balaban J connectivity index is 0.00000196. The fraction of sp³-hybridized carbons (Fsp3) is 0.444. The molecule has 1 rings (SSSR count). The molecule has 0 saturated heterocycles. The van der Waals surface area contributed by atoms with Crippen LogP contribution in [0.3, 0.4) is 0 Å². The first-order valence-corrected chi connectivity index (χ1v) is 4.37. The van der Waals surface area contributed by atoms with Crippen LogP contribution in [-0.4, -0.2) is 22.5 Å². The van der Waals surface area contributed by atoms with Crippen LogP contribution in [0, 0.1) is 5.92 Å². The summed E-state index contributed by atoms with van der Waals surface area (Å²) < 4.78 is 0. The van der Waals surface area contributed by atoms with Gasteiger partial charge in [0.15, 0.2) is 5.82 Å². The maximum atomic E-state index is 10.6. The van der Waals surface area contributed by atoms with E-state index < -0.39 is 5.97 Å². The monoisotopic (exact) mass is 217 g/mol. The standard InChI is InChI=1S/C9H13N3O2.Na/c1-6(2)5-12-8-7(9(13)14)10-3-4-11-8;/h3-4,6H,5H2,1-2H3,(H,11,12)(H,13,14);/q;+1/p-1. The number of aromatic carboxylic acids is 1. The van der Waals surface area contributed by atoms with Crippen molar-refractivity contribution in [3.63, 3.8) is 0 Å². The quantitative estimate of drug-likeness (QED) is 0.541. The summed E-state index contributed by atoms with van der Waals surface area (Å²) in [5.41, 5.74) is -0.145. The number of carboxylic acid groups (broad SMARTS) is 1. The van der Waals surface area contributed by atoms with Gasteiger partial charge in [-0.15, -0.1) is 0 Å². The first-order chi connectivity index (χ1) is 6.61. The SMILES string of the molecule is CC(C)CNc1nccnc1C(=O)[O-].[Na+]. The Morgan fingerprint density at radius 2 is 2.07 bits per heavy atom. The Hall–Kier alpha value is -0.650. The van der Waals surface area contributed by atoms with E-state index in [1.807, 2.05) is 13.8 Å². The third kappa shape index (κ3) is 4.59. The van der Waals surface area contributed by atoms with Gasteiger partial charge in [-0.2, -0.15) is 0 Å². The molecule has 0 radical (unpaired) electrons. The molecule has 0 saturated carbocycles. The first kappa shape index (κ1) is 14.3. The first-order valence-electron chi connectivity index (χ1n) is 4.37. The van der Waals surface area contributed by atoms with Crippen molar-refractivity contribution in [1.29, 1.82) is 0 Å². The molecule has 0 fully saturated rings. The number of carbonyl (C=O) groups is 1. The van der Waals surface area contributed by atoms with Crippen LogP contribution in [-0.2, 0) is 0 Å². The molecule has 1 heterocycles. The van der Waals surface area contributed by atoms with Gasteiger partial charge in [0, 0.05) is 18.9 Å². The van der Waals surface area contributed by atoms with Crippen molar-refractivity contribution < 1.29 is 39.5 Å². The summed E-state index contributed by atoms with van der Waals surface area (Å²) >= 11 is 0. The summed E-state index contributed by atoms with van der Waals surface area (Å²) in [6.07, 6.45) is 2.76. The number of carbonyl (C=O) groups excluding carboxylic acids is 1. The minimum atomic E-state index is -1.32. The van der Waals surface area contributed by atoms with E-state index >= 15 is 0 Å². The smallest absolute Gasteiger partial charge is 0.543 e. The number of hydrogen-bond donors (Lipinski definition) is 1. The summed E-state index contributed by atoms with van der Waals surface area (Å²) in [6.45, 7) is 4.68. The molecule has 0 aromatic carbocycles. The predicted octanol–water partition coefficient (Wildman–Crippen LogP) is -3.09. The van der Waals surface area contributed by atoms with Gasteiger partial charge in [0.05, 0.1) is 5.97 Å². The second-order valence-corrected chi connectivity index (χ2v) is 3.32. The summed E-state index contributed by atoms with van der Waals surface area (Å²) in [7, 11) is 0. The van der Waals surface area contributed by atoms with Gasteiger partial charge in [-0.3, -0.25) is 0 Å². The second-order valence-electron chi connectivity index (χ2n) is 3.32. The Morgan fingerprint density at radius 1 is 1.47 bits per heavy atom. The molecule has 1 N–H and O–H groups in total. The van der Waals surface area contributed by atoms with E-state index in [0.29, 0.717) is 12.5 Å². The summed E-state index contributed by atoms with van der Waals surface area (Å²) in [4.78, 5) is 18.2. The molecule has 1 aromatic heterocycles. The predicted molar refractivity (Wildman–Crippen MR) is 49.7 cm³/mol. The zero-order valence-corrected chi connectivity index (χ0v) is 11.2. The molecular weight excluding hydrogens is 205 g/mol. The molecule has 6 heteroatoms. The van der Waals surface area contributed by atoms with Crippen molar-refractivity contribution in [3.8, 4) is 0 Å². The third-order valence-corrected chi connectivity index (χ3v) is 1.57. The van der Waals surface area contributed by atoms with Crippen LogP contribution in [0.15, 0.2) is 12.4 Å². The van der Waals surface area contributed by atoms with Crippen molar-refractivity contribution in [2.45, 2.75) is 13.8 Å². The molecule has 1 aromatic rings. The van der Waals surface area contributed by atoms with Gasteiger partial charge in [-0.1, -0.05) is 13.8 Å². The number of aromatic nitrogens is 2. The molecule has 0 bridgehead atoms. The summed E-state index contributed by atoms with van der Waals surface area (Å²) in [5, 5.41) is 13.5. The zero-order valence-electron chi connectivity index (χ0n) is 9.15. The van der Waals surface area contributed by atoms with E-state index in [0.717, 1.165) is 0 Å². The van der Waals surface area contributed by atoms with E-state index in [9.17, 15) is 9.90 Å². The van der Waals surface area contributed by atoms with Crippen LogP contribution >= 0.6 is 0 Å². The maximum absolute atomic E-state index is 10.6. The van der Waals surface area contributed by atoms with Crippen LogP contribution < -0.4 is 40.0 Å². The largest absolute Gasteiger partial charge is 1.00 e. The van der Waals surface area contributed by atoms with Crippen LogP contribution in [0.1, 0.15) is 24.3 Å². The fourth-order valence-corrected chi connectivity index (χ4v) is 0.918. The van der Waals surface area contributed by atoms with Crippen LogP contribution in [0.25, 0.3) is 0 Å². The number of carboxylic acids is 1. The van der Waals surface area contributed by atoms with Crippen LogP contribution in [0.2, 0.25) is 0 Å². The Kier molecular flexibility index (Phi) is 6.47. The van der Waals surface area contributed by atoms with Crippen LogP contribution in [0.4, 0.5) is 5.82 Å².